The molecule has 0 N–H and O–H groups in total. The van der Waals surface area contributed by atoms with Crippen LogP contribution in [-0.4, -0.2) is 22.9 Å². The van der Waals surface area contributed by atoms with Crippen LogP contribution in [0.1, 0.15) is 34.4 Å². The minimum Gasteiger partial charge on any atom is -0.467 e. The molecule has 0 saturated heterocycles. The molecular weight excluding hydrogens is 306 g/mol. The number of nitrogens with zero attached hydrogens (tertiary/aromatic N) is 1. The second kappa shape index (κ2) is 8.15. The van der Waals surface area contributed by atoms with Gasteiger partial charge < -0.3 is 13.7 Å². The van der Waals surface area contributed by atoms with Crippen molar-refractivity contribution < 1.29 is 18.7 Å². The summed E-state index contributed by atoms with van der Waals surface area (Å²) in [6, 6.07) is 5.53. The standard InChI is InChI=1S/C19H21NO4/c1-4-5-6-9-19(22)24-13-18(21)17-11-14(2)20(15(17)3)12-16-8-7-10-23-16/h4-11H,12-13H2,1-3H3/b5-4+,9-6+. The second-order valence-electron chi connectivity index (χ2n) is 5.37. The number of esters is 1. The third kappa shape index (κ3) is 4.35. The average Bonchev–Trinajstić information content (AvgIpc) is 3.16. The van der Waals surface area contributed by atoms with Crippen molar-refractivity contribution >= 4 is 11.8 Å². The molecule has 0 saturated carbocycles. The van der Waals surface area contributed by atoms with Gasteiger partial charge in [0.05, 0.1) is 12.8 Å². The number of rotatable bonds is 7. The van der Waals surface area contributed by atoms with E-state index in [-0.39, 0.29) is 12.4 Å². The van der Waals surface area contributed by atoms with Gasteiger partial charge in [-0.3, -0.25) is 4.79 Å². The number of carbonyl (C=O) groups is 2. The lowest BCUT2D eigenvalue weighted by molar-refractivity contribution is -0.136. The fraction of sp³-hybridized carbons (Fsp3) is 0.263. The van der Waals surface area contributed by atoms with Crippen molar-refractivity contribution in [1.82, 2.24) is 4.57 Å². The number of ketones is 1. The van der Waals surface area contributed by atoms with E-state index >= 15 is 0 Å². The van der Waals surface area contributed by atoms with Gasteiger partial charge in [0.2, 0.25) is 5.78 Å². The molecule has 0 fully saturated rings. The van der Waals surface area contributed by atoms with Crippen LogP contribution in [0.15, 0.2) is 53.2 Å². The molecule has 2 aromatic heterocycles. The molecule has 0 aliphatic carbocycles. The normalized spacial score (nSPS) is 11.5. The molecule has 0 amide bonds. The minimum atomic E-state index is -0.536. The zero-order chi connectivity index (χ0) is 17.5. The van der Waals surface area contributed by atoms with Crippen molar-refractivity contribution in [1.29, 1.82) is 0 Å². The SMILES string of the molecule is C/C=C/C=C/C(=O)OCC(=O)c1cc(C)n(Cc2ccco2)c1C. The van der Waals surface area contributed by atoms with E-state index in [9.17, 15) is 9.59 Å². The van der Waals surface area contributed by atoms with Crippen molar-refractivity contribution in [2.45, 2.75) is 27.3 Å². The van der Waals surface area contributed by atoms with E-state index in [1.165, 1.54) is 6.08 Å². The number of ether oxygens (including phenoxy) is 1. The van der Waals surface area contributed by atoms with Gasteiger partial charge in [0.25, 0.3) is 0 Å². The molecule has 0 bridgehead atoms. The van der Waals surface area contributed by atoms with Crippen LogP contribution in [0.2, 0.25) is 0 Å². The van der Waals surface area contributed by atoms with Crippen molar-refractivity contribution in [2.75, 3.05) is 6.61 Å². The number of aryl methyl sites for hydroxylation is 1. The number of allylic oxidation sites excluding steroid dienone is 3. The summed E-state index contributed by atoms with van der Waals surface area (Å²) >= 11 is 0. The number of furan rings is 1. The highest BCUT2D eigenvalue weighted by molar-refractivity contribution is 5.99. The van der Waals surface area contributed by atoms with Crippen molar-refractivity contribution in [2.24, 2.45) is 0 Å². The fourth-order valence-corrected chi connectivity index (χ4v) is 2.39. The summed E-state index contributed by atoms with van der Waals surface area (Å²) in [5.74, 6) is 0.0590. The maximum atomic E-state index is 12.3. The Hall–Kier alpha value is -2.82. The Morgan fingerprint density at radius 1 is 1.29 bits per heavy atom. The molecule has 0 radical (unpaired) electrons. The summed E-state index contributed by atoms with van der Waals surface area (Å²) in [7, 11) is 0. The summed E-state index contributed by atoms with van der Waals surface area (Å²) < 4.78 is 12.3. The Kier molecular flexibility index (Phi) is 5.95. The summed E-state index contributed by atoms with van der Waals surface area (Å²) in [4.78, 5) is 23.8. The van der Waals surface area contributed by atoms with E-state index in [1.807, 2.05) is 43.5 Å². The summed E-state index contributed by atoms with van der Waals surface area (Å²) in [5, 5.41) is 0. The molecule has 0 aromatic carbocycles. The molecule has 0 aliphatic heterocycles. The van der Waals surface area contributed by atoms with Gasteiger partial charge in [0.1, 0.15) is 5.76 Å². The number of aromatic nitrogens is 1. The van der Waals surface area contributed by atoms with Crippen LogP contribution >= 0.6 is 0 Å². The molecule has 0 aliphatic rings. The Morgan fingerprint density at radius 2 is 2.08 bits per heavy atom. The van der Waals surface area contributed by atoms with E-state index in [4.69, 9.17) is 9.15 Å². The van der Waals surface area contributed by atoms with Gasteiger partial charge in [-0.25, -0.2) is 4.79 Å². The van der Waals surface area contributed by atoms with Crippen molar-refractivity contribution in [3.63, 3.8) is 0 Å². The summed E-state index contributed by atoms with van der Waals surface area (Å²) in [5.41, 5.74) is 2.34. The molecular formula is C19H21NO4. The zero-order valence-electron chi connectivity index (χ0n) is 14.1. The second-order valence-corrected chi connectivity index (χ2v) is 5.37. The van der Waals surface area contributed by atoms with E-state index in [0.29, 0.717) is 12.1 Å². The lowest BCUT2D eigenvalue weighted by atomic mass is 10.1. The van der Waals surface area contributed by atoms with Crippen LogP contribution in [-0.2, 0) is 16.1 Å². The third-order valence-electron chi connectivity index (χ3n) is 3.65. The molecule has 5 heteroatoms. The Bertz CT molecular complexity index is 764. The van der Waals surface area contributed by atoms with Gasteiger partial charge in [-0.2, -0.15) is 0 Å². The van der Waals surface area contributed by atoms with Crippen molar-refractivity contribution in [3.8, 4) is 0 Å². The molecule has 2 heterocycles. The number of hydrogen-bond donors (Lipinski definition) is 0. The number of carbonyl (C=O) groups excluding carboxylic acids is 2. The first-order chi connectivity index (χ1) is 11.5. The van der Waals surface area contributed by atoms with Crippen LogP contribution in [0, 0.1) is 13.8 Å². The lowest BCUT2D eigenvalue weighted by Gasteiger charge is -2.07. The topological polar surface area (TPSA) is 61.4 Å². The quantitative estimate of drug-likeness (QED) is 0.337. The molecule has 2 rings (SSSR count). The first-order valence-corrected chi connectivity index (χ1v) is 7.71. The van der Waals surface area contributed by atoms with Crippen LogP contribution in [0.3, 0.4) is 0 Å². The molecule has 24 heavy (non-hydrogen) atoms. The number of hydrogen-bond acceptors (Lipinski definition) is 4. The largest absolute Gasteiger partial charge is 0.467 e. The lowest BCUT2D eigenvalue weighted by Crippen LogP contribution is -2.13. The van der Waals surface area contributed by atoms with Gasteiger partial charge in [0.15, 0.2) is 6.61 Å². The molecule has 0 spiro atoms. The fourth-order valence-electron chi connectivity index (χ4n) is 2.39. The van der Waals surface area contributed by atoms with Gasteiger partial charge in [-0.1, -0.05) is 18.2 Å². The van der Waals surface area contributed by atoms with E-state index in [2.05, 4.69) is 0 Å². The summed E-state index contributed by atoms with van der Waals surface area (Å²) in [6.45, 7) is 5.93. The molecule has 126 valence electrons. The maximum Gasteiger partial charge on any atom is 0.331 e. The first-order valence-electron chi connectivity index (χ1n) is 7.71. The Balaban J connectivity index is 2.03. The highest BCUT2D eigenvalue weighted by Crippen LogP contribution is 2.18. The van der Waals surface area contributed by atoms with E-state index in [0.717, 1.165) is 17.1 Å². The third-order valence-corrected chi connectivity index (χ3v) is 3.65. The highest BCUT2D eigenvalue weighted by atomic mass is 16.5. The average molecular weight is 327 g/mol. The van der Waals surface area contributed by atoms with Crippen LogP contribution < -0.4 is 0 Å². The first kappa shape index (κ1) is 17.5. The van der Waals surface area contributed by atoms with Gasteiger partial charge in [0, 0.05) is 23.0 Å². The monoisotopic (exact) mass is 327 g/mol. The maximum absolute atomic E-state index is 12.3. The number of Topliss-reactive ketones (excluding diaryl/α,β-unsaturated/α-hetero) is 1. The minimum absolute atomic E-state index is 0.221. The van der Waals surface area contributed by atoms with Crippen molar-refractivity contribution in [3.05, 3.63) is 71.5 Å². The van der Waals surface area contributed by atoms with E-state index < -0.39 is 5.97 Å². The molecule has 0 atom stereocenters. The molecule has 0 unspecified atom stereocenters. The summed E-state index contributed by atoms with van der Waals surface area (Å²) in [6.07, 6.45) is 7.99. The smallest absolute Gasteiger partial charge is 0.331 e. The van der Waals surface area contributed by atoms with Gasteiger partial charge in [-0.15, -0.1) is 0 Å². The van der Waals surface area contributed by atoms with E-state index in [1.54, 1.807) is 24.5 Å². The zero-order valence-corrected chi connectivity index (χ0v) is 14.1. The van der Waals surface area contributed by atoms with Crippen LogP contribution in [0.4, 0.5) is 0 Å². The van der Waals surface area contributed by atoms with Crippen LogP contribution in [0.5, 0.6) is 0 Å². The predicted molar refractivity (Wildman–Crippen MR) is 91.0 cm³/mol. The van der Waals surface area contributed by atoms with Gasteiger partial charge in [-0.05, 0) is 39.0 Å². The Labute approximate surface area is 141 Å². The predicted octanol–water partition coefficient (Wildman–Crippen LogP) is 3.60. The Morgan fingerprint density at radius 3 is 2.75 bits per heavy atom. The highest BCUT2D eigenvalue weighted by Gasteiger charge is 2.17. The van der Waals surface area contributed by atoms with Gasteiger partial charge >= 0.3 is 5.97 Å². The molecule has 5 nitrogen and oxygen atoms in total. The molecule has 2 aromatic rings. The van der Waals surface area contributed by atoms with Crippen LogP contribution in [0.25, 0.3) is 0 Å².